The monoisotopic (exact) mass is 234 g/mol. The van der Waals surface area contributed by atoms with Crippen LogP contribution < -0.4 is 0 Å². The molecule has 16 heavy (non-hydrogen) atoms. The number of rotatable bonds is 3. The highest BCUT2D eigenvalue weighted by Crippen LogP contribution is 2.31. The van der Waals surface area contributed by atoms with Crippen molar-refractivity contribution in [3.63, 3.8) is 0 Å². The molecule has 1 heterocycles. The number of esters is 1. The van der Waals surface area contributed by atoms with Crippen molar-refractivity contribution in [2.75, 3.05) is 7.11 Å². The molecule has 0 amide bonds. The van der Waals surface area contributed by atoms with E-state index in [-0.39, 0.29) is 17.8 Å². The Morgan fingerprint density at radius 3 is 2.81 bits per heavy atom. The lowest BCUT2D eigenvalue weighted by Crippen LogP contribution is -2.21. The van der Waals surface area contributed by atoms with Gasteiger partial charge in [0.05, 0.1) is 13.0 Å². The molecule has 0 bridgehead atoms. The summed E-state index contributed by atoms with van der Waals surface area (Å²) in [5.41, 5.74) is 1.04. The molecule has 1 aromatic heterocycles. The van der Waals surface area contributed by atoms with Crippen LogP contribution in [0.15, 0.2) is 41.1 Å². The van der Waals surface area contributed by atoms with Gasteiger partial charge in [-0.3, -0.25) is 4.79 Å². The molecule has 0 N–H and O–H groups in total. The Kier molecular flexibility index (Phi) is 3.57. The normalized spacial score (nSPS) is 17.3. The maximum Gasteiger partial charge on any atom is 0.314 e. The number of hydrogen-bond donors (Lipinski definition) is 0. The van der Waals surface area contributed by atoms with Crippen LogP contribution in [0.4, 0.5) is 0 Å². The van der Waals surface area contributed by atoms with E-state index in [4.69, 9.17) is 4.74 Å². The van der Waals surface area contributed by atoms with E-state index >= 15 is 0 Å². The molecule has 0 aliphatic heterocycles. The molecule has 0 unspecified atom stereocenters. The van der Waals surface area contributed by atoms with Gasteiger partial charge >= 0.3 is 5.97 Å². The third kappa shape index (κ3) is 2.25. The smallest absolute Gasteiger partial charge is 0.314 e. The number of hydrogen-bond acceptors (Lipinski definition) is 3. The van der Waals surface area contributed by atoms with E-state index < -0.39 is 0 Å². The zero-order valence-corrected chi connectivity index (χ0v) is 9.94. The largest absolute Gasteiger partial charge is 0.469 e. The van der Waals surface area contributed by atoms with Gasteiger partial charge in [-0.15, -0.1) is 0 Å². The predicted molar refractivity (Wildman–Crippen MR) is 65.5 cm³/mol. The summed E-state index contributed by atoms with van der Waals surface area (Å²) in [5, 5.41) is 4.00. The lowest BCUT2D eigenvalue weighted by molar-refractivity contribution is -0.143. The Hall–Kier alpha value is -1.35. The zero-order valence-electron chi connectivity index (χ0n) is 9.13. The van der Waals surface area contributed by atoms with Crippen molar-refractivity contribution in [2.24, 2.45) is 5.92 Å². The molecule has 0 aromatic carbocycles. The highest BCUT2D eigenvalue weighted by Gasteiger charge is 2.28. The summed E-state index contributed by atoms with van der Waals surface area (Å²) < 4.78 is 4.89. The number of ether oxygens (including phenoxy) is 1. The summed E-state index contributed by atoms with van der Waals surface area (Å²) in [7, 11) is 1.44. The maximum absolute atomic E-state index is 11.8. The number of allylic oxidation sites excluding steroid dienone is 4. The van der Waals surface area contributed by atoms with Gasteiger partial charge in [-0.2, -0.15) is 11.3 Å². The molecule has 1 aliphatic carbocycles. The highest BCUT2D eigenvalue weighted by molar-refractivity contribution is 7.08. The van der Waals surface area contributed by atoms with Crippen molar-refractivity contribution >= 4 is 17.3 Å². The molecule has 1 aliphatic rings. The first-order valence-electron chi connectivity index (χ1n) is 5.26. The predicted octanol–water partition coefficient (Wildman–Crippen LogP) is 3.14. The fourth-order valence-corrected chi connectivity index (χ4v) is 2.63. The molecule has 0 spiro atoms. The summed E-state index contributed by atoms with van der Waals surface area (Å²) >= 11 is 1.60. The van der Waals surface area contributed by atoms with Crippen LogP contribution in [0.25, 0.3) is 0 Å². The van der Waals surface area contributed by atoms with Crippen molar-refractivity contribution < 1.29 is 9.53 Å². The first-order chi connectivity index (χ1) is 7.83. The number of methoxy groups -OCH3 is 1. The van der Waals surface area contributed by atoms with Crippen LogP contribution in [0.5, 0.6) is 0 Å². The summed E-state index contributed by atoms with van der Waals surface area (Å²) in [6.07, 6.45) is 9.30. The fourth-order valence-electron chi connectivity index (χ4n) is 1.93. The van der Waals surface area contributed by atoms with Crippen molar-refractivity contribution in [1.82, 2.24) is 0 Å². The first kappa shape index (κ1) is 11.1. The molecular weight excluding hydrogens is 220 g/mol. The molecule has 84 valence electrons. The van der Waals surface area contributed by atoms with Gasteiger partial charge in [-0.1, -0.05) is 24.3 Å². The molecule has 1 aromatic rings. The average molecular weight is 234 g/mol. The van der Waals surface area contributed by atoms with E-state index in [1.807, 2.05) is 16.8 Å². The van der Waals surface area contributed by atoms with Crippen molar-refractivity contribution in [2.45, 2.75) is 12.3 Å². The minimum absolute atomic E-state index is 0.121. The third-order valence-electron chi connectivity index (χ3n) is 2.73. The second kappa shape index (κ2) is 5.12. The van der Waals surface area contributed by atoms with E-state index in [9.17, 15) is 4.79 Å². The van der Waals surface area contributed by atoms with E-state index in [1.165, 1.54) is 7.11 Å². The van der Waals surface area contributed by atoms with Gasteiger partial charge in [0.2, 0.25) is 0 Å². The number of carbonyl (C=O) groups is 1. The van der Waals surface area contributed by atoms with Gasteiger partial charge in [0.1, 0.15) is 0 Å². The van der Waals surface area contributed by atoms with Crippen LogP contribution in [0, 0.1) is 5.92 Å². The number of carbonyl (C=O) groups excluding carboxylic acids is 1. The van der Waals surface area contributed by atoms with Gasteiger partial charge in [0, 0.05) is 5.92 Å². The van der Waals surface area contributed by atoms with E-state index in [1.54, 1.807) is 11.3 Å². The quantitative estimate of drug-likeness (QED) is 0.593. The van der Waals surface area contributed by atoms with E-state index in [2.05, 4.69) is 24.3 Å². The van der Waals surface area contributed by atoms with Gasteiger partial charge in [-0.05, 0) is 28.8 Å². The minimum atomic E-state index is -0.205. The lowest BCUT2D eigenvalue weighted by Gasteiger charge is -2.20. The standard InChI is InChI=1S/C13H14O2S/c1-15-13(14)12(11-7-8-16-9-11)10-5-3-2-4-6-10/h3-10,12H,2H2,1H3/t12-/m1/s1. The lowest BCUT2D eigenvalue weighted by atomic mass is 9.85. The Balaban J connectivity index is 2.27. The Bertz CT molecular complexity index is 392. The molecule has 0 saturated carbocycles. The molecule has 2 nitrogen and oxygen atoms in total. The zero-order chi connectivity index (χ0) is 11.4. The summed E-state index contributed by atoms with van der Waals surface area (Å²) in [5.74, 6) is -0.251. The summed E-state index contributed by atoms with van der Waals surface area (Å²) in [6, 6.07) is 1.99. The fraction of sp³-hybridized carbons (Fsp3) is 0.308. The maximum atomic E-state index is 11.8. The molecular formula is C13H14O2S. The number of thiophene rings is 1. The van der Waals surface area contributed by atoms with Gasteiger partial charge < -0.3 is 4.74 Å². The van der Waals surface area contributed by atoms with Gasteiger partial charge in [0.15, 0.2) is 0 Å². The minimum Gasteiger partial charge on any atom is -0.469 e. The Labute approximate surface area is 99.2 Å². The molecule has 0 radical (unpaired) electrons. The van der Waals surface area contributed by atoms with E-state index in [0.29, 0.717) is 0 Å². The van der Waals surface area contributed by atoms with Crippen molar-refractivity contribution in [1.29, 1.82) is 0 Å². The van der Waals surface area contributed by atoms with Crippen LogP contribution in [-0.4, -0.2) is 13.1 Å². The first-order valence-corrected chi connectivity index (χ1v) is 6.20. The van der Waals surface area contributed by atoms with Crippen molar-refractivity contribution in [3.8, 4) is 0 Å². The van der Waals surface area contributed by atoms with E-state index in [0.717, 1.165) is 12.0 Å². The average Bonchev–Trinajstić information content (AvgIpc) is 2.84. The van der Waals surface area contributed by atoms with Crippen LogP contribution in [0.1, 0.15) is 17.9 Å². The third-order valence-corrected chi connectivity index (χ3v) is 3.43. The van der Waals surface area contributed by atoms with Crippen LogP contribution in [-0.2, 0) is 9.53 Å². The molecule has 2 rings (SSSR count). The molecule has 3 heteroatoms. The summed E-state index contributed by atoms with van der Waals surface area (Å²) in [4.78, 5) is 11.8. The SMILES string of the molecule is COC(=O)[C@@H](c1ccsc1)C1C=CCC=C1. The topological polar surface area (TPSA) is 26.3 Å². The molecule has 0 fully saturated rings. The van der Waals surface area contributed by atoms with Crippen molar-refractivity contribution in [3.05, 3.63) is 46.7 Å². The Morgan fingerprint density at radius 2 is 2.25 bits per heavy atom. The van der Waals surface area contributed by atoms with Crippen LogP contribution in [0.2, 0.25) is 0 Å². The van der Waals surface area contributed by atoms with Gasteiger partial charge in [0.25, 0.3) is 0 Å². The molecule has 0 saturated heterocycles. The summed E-state index contributed by atoms with van der Waals surface area (Å²) in [6.45, 7) is 0. The second-order valence-corrected chi connectivity index (χ2v) is 4.51. The second-order valence-electron chi connectivity index (χ2n) is 3.73. The van der Waals surface area contributed by atoms with Crippen LogP contribution in [0.3, 0.4) is 0 Å². The Morgan fingerprint density at radius 1 is 1.50 bits per heavy atom. The highest BCUT2D eigenvalue weighted by atomic mass is 32.1. The molecule has 1 atom stereocenters. The van der Waals surface area contributed by atoms with Gasteiger partial charge in [-0.25, -0.2) is 0 Å². The van der Waals surface area contributed by atoms with Crippen LogP contribution >= 0.6 is 11.3 Å².